The monoisotopic (exact) mass is 286 g/mol. The van der Waals surface area contributed by atoms with Crippen LogP contribution in [0.1, 0.15) is 44.1 Å². The van der Waals surface area contributed by atoms with Gasteiger partial charge in [0.25, 0.3) is 0 Å². The summed E-state index contributed by atoms with van der Waals surface area (Å²) in [6, 6.07) is 7.70. The first kappa shape index (κ1) is 13.8. The van der Waals surface area contributed by atoms with Gasteiger partial charge >= 0.3 is 0 Å². The summed E-state index contributed by atoms with van der Waals surface area (Å²) in [7, 11) is 0. The zero-order valence-corrected chi connectivity index (χ0v) is 12.2. The molecule has 0 radical (unpaired) electrons. The van der Waals surface area contributed by atoms with Crippen molar-refractivity contribution in [3.63, 3.8) is 0 Å². The molecule has 21 heavy (non-hydrogen) atoms. The Hall–Kier alpha value is -2.21. The number of rotatable bonds is 5. The summed E-state index contributed by atoms with van der Waals surface area (Å²) >= 11 is 0. The first-order chi connectivity index (χ1) is 10.2. The van der Waals surface area contributed by atoms with Gasteiger partial charge in [0.15, 0.2) is 11.4 Å². The fourth-order valence-corrected chi connectivity index (χ4v) is 2.30. The van der Waals surface area contributed by atoms with Crippen molar-refractivity contribution in [1.29, 1.82) is 0 Å². The van der Waals surface area contributed by atoms with Gasteiger partial charge in [0.2, 0.25) is 5.89 Å². The van der Waals surface area contributed by atoms with Crippen LogP contribution < -0.4 is 5.73 Å². The Balaban J connectivity index is 1.88. The van der Waals surface area contributed by atoms with Gasteiger partial charge in [-0.15, -0.1) is 0 Å². The Morgan fingerprint density at radius 1 is 1.10 bits per heavy atom. The van der Waals surface area contributed by atoms with Gasteiger partial charge in [-0.25, -0.2) is 0 Å². The second-order valence-electron chi connectivity index (χ2n) is 5.18. The highest BCUT2D eigenvalue weighted by atomic mass is 16.5. The fourth-order valence-electron chi connectivity index (χ4n) is 2.30. The molecule has 0 aliphatic heterocycles. The zero-order valence-electron chi connectivity index (χ0n) is 12.2. The van der Waals surface area contributed by atoms with Crippen LogP contribution in [0.2, 0.25) is 0 Å². The van der Waals surface area contributed by atoms with Gasteiger partial charge in [-0.1, -0.05) is 36.3 Å². The second-order valence-corrected chi connectivity index (χ2v) is 5.18. The van der Waals surface area contributed by atoms with Crippen molar-refractivity contribution < 1.29 is 9.05 Å². The van der Waals surface area contributed by atoms with Crippen LogP contribution in [0, 0.1) is 0 Å². The summed E-state index contributed by atoms with van der Waals surface area (Å²) in [4.78, 5) is 4.42. The molecule has 2 aromatic heterocycles. The molecule has 6 heteroatoms. The van der Waals surface area contributed by atoms with Gasteiger partial charge in [-0.2, -0.15) is 4.98 Å². The van der Waals surface area contributed by atoms with Crippen LogP contribution in [0.3, 0.4) is 0 Å². The van der Waals surface area contributed by atoms with E-state index in [4.69, 9.17) is 14.8 Å². The number of benzene rings is 1. The molecule has 0 spiro atoms. The van der Waals surface area contributed by atoms with Crippen molar-refractivity contribution in [2.75, 3.05) is 0 Å². The summed E-state index contributed by atoms with van der Waals surface area (Å²) < 4.78 is 10.6. The SMILES string of the molecule is CCC(N)(CC)c1noc(Cc2noc3ccccc23)n1. The molecule has 2 heterocycles. The van der Waals surface area contributed by atoms with Crippen LogP contribution >= 0.6 is 0 Å². The third-order valence-electron chi connectivity index (χ3n) is 3.95. The molecule has 2 N–H and O–H groups in total. The maximum absolute atomic E-state index is 6.28. The highest BCUT2D eigenvalue weighted by Gasteiger charge is 2.29. The van der Waals surface area contributed by atoms with Gasteiger partial charge in [0, 0.05) is 5.39 Å². The lowest BCUT2D eigenvalue weighted by molar-refractivity contribution is 0.336. The van der Waals surface area contributed by atoms with Gasteiger partial charge in [-0.05, 0) is 25.0 Å². The molecule has 0 unspecified atom stereocenters. The van der Waals surface area contributed by atoms with E-state index in [2.05, 4.69) is 15.3 Å². The Labute approximate surface area is 122 Å². The summed E-state index contributed by atoms with van der Waals surface area (Å²) in [5.41, 5.74) is 7.28. The number of nitrogens with zero attached hydrogens (tertiary/aromatic N) is 3. The number of hydrogen-bond acceptors (Lipinski definition) is 6. The molecule has 3 rings (SSSR count). The van der Waals surface area contributed by atoms with E-state index in [1.54, 1.807) is 0 Å². The number of aromatic nitrogens is 3. The molecule has 110 valence electrons. The lowest BCUT2D eigenvalue weighted by atomic mass is 9.93. The molecule has 0 saturated heterocycles. The Kier molecular flexibility index (Phi) is 3.47. The van der Waals surface area contributed by atoms with E-state index < -0.39 is 5.54 Å². The summed E-state index contributed by atoms with van der Waals surface area (Å²) in [6.07, 6.45) is 1.96. The number of hydrogen-bond donors (Lipinski definition) is 1. The van der Waals surface area contributed by atoms with Crippen molar-refractivity contribution in [3.05, 3.63) is 41.7 Å². The quantitative estimate of drug-likeness (QED) is 0.775. The van der Waals surface area contributed by atoms with Gasteiger partial charge in [0.05, 0.1) is 12.0 Å². The van der Waals surface area contributed by atoms with E-state index in [0.717, 1.165) is 29.5 Å². The van der Waals surface area contributed by atoms with E-state index >= 15 is 0 Å². The maximum atomic E-state index is 6.28. The number of para-hydroxylation sites is 1. The average molecular weight is 286 g/mol. The van der Waals surface area contributed by atoms with Crippen LogP contribution in [0.4, 0.5) is 0 Å². The van der Waals surface area contributed by atoms with Crippen molar-refractivity contribution in [2.45, 2.75) is 38.6 Å². The van der Waals surface area contributed by atoms with Crippen molar-refractivity contribution in [1.82, 2.24) is 15.3 Å². The Morgan fingerprint density at radius 3 is 2.62 bits per heavy atom. The average Bonchev–Trinajstić information content (AvgIpc) is 3.15. The van der Waals surface area contributed by atoms with E-state index in [1.165, 1.54) is 0 Å². The number of fused-ring (bicyclic) bond motifs is 1. The number of nitrogens with two attached hydrogens (primary N) is 1. The Morgan fingerprint density at radius 2 is 1.86 bits per heavy atom. The van der Waals surface area contributed by atoms with Crippen LogP contribution in [-0.4, -0.2) is 15.3 Å². The van der Waals surface area contributed by atoms with E-state index in [0.29, 0.717) is 18.1 Å². The van der Waals surface area contributed by atoms with Crippen LogP contribution in [-0.2, 0) is 12.0 Å². The molecule has 0 aliphatic carbocycles. The largest absolute Gasteiger partial charge is 0.356 e. The minimum absolute atomic E-state index is 0.438. The molecule has 0 fully saturated rings. The smallest absolute Gasteiger partial charge is 0.232 e. The van der Waals surface area contributed by atoms with Crippen LogP contribution in [0.25, 0.3) is 11.0 Å². The molecular weight excluding hydrogens is 268 g/mol. The third kappa shape index (κ3) is 2.42. The standard InChI is InChI=1S/C15H18N4O2/c1-3-15(16,4-2)14-17-13(21-19-14)9-11-10-7-5-6-8-12(10)20-18-11/h5-8H,3-4,9,16H2,1-2H3. The first-order valence-corrected chi connectivity index (χ1v) is 7.11. The predicted molar refractivity (Wildman–Crippen MR) is 77.6 cm³/mol. The molecule has 6 nitrogen and oxygen atoms in total. The second kappa shape index (κ2) is 5.29. The van der Waals surface area contributed by atoms with E-state index in [-0.39, 0.29) is 0 Å². The van der Waals surface area contributed by atoms with Gasteiger partial charge < -0.3 is 14.8 Å². The fraction of sp³-hybridized carbons (Fsp3) is 0.400. The maximum Gasteiger partial charge on any atom is 0.232 e. The lowest BCUT2D eigenvalue weighted by Gasteiger charge is -2.21. The van der Waals surface area contributed by atoms with E-state index in [1.807, 2.05) is 38.1 Å². The third-order valence-corrected chi connectivity index (χ3v) is 3.95. The molecular formula is C15H18N4O2. The zero-order chi connectivity index (χ0) is 14.9. The predicted octanol–water partition coefficient (Wildman–Crippen LogP) is 2.78. The van der Waals surface area contributed by atoms with Crippen molar-refractivity contribution >= 4 is 11.0 Å². The molecule has 0 bridgehead atoms. The Bertz CT molecular complexity index is 743. The molecule has 3 aromatic rings. The summed E-state index contributed by atoms with van der Waals surface area (Å²) in [5, 5.41) is 9.05. The molecule has 0 amide bonds. The highest BCUT2D eigenvalue weighted by molar-refractivity contribution is 5.79. The first-order valence-electron chi connectivity index (χ1n) is 7.11. The van der Waals surface area contributed by atoms with Gasteiger partial charge in [-0.3, -0.25) is 0 Å². The molecule has 0 saturated carbocycles. The normalized spacial score (nSPS) is 12.1. The minimum Gasteiger partial charge on any atom is -0.356 e. The summed E-state index contributed by atoms with van der Waals surface area (Å²) in [5.74, 6) is 1.05. The topological polar surface area (TPSA) is 91.0 Å². The van der Waals surface area contributed by atoms with E-state index in [9.17, 15) is 0 Å². The van der Waals surface area contributed by atoms with Crippen molar-refractivity contribution in [3.8, 4) is 0 Å². The van der Waals surface area contributed by atoms with Crippen LogP contribution in [0.5, 0.6) is 0 Å². The lowest BCUT2D eigenvalue weighted by Crippen LogP contribution is -2.36. The van der Waals surface area contributed by atoms with Gasteiger partial charge in [0.1, 0.15) is 5.69 Å². The minimum atomic E-state index is -0.534. The highest BCUT2D eigenvalue weighted by Crippen LogP contribution is 2.24. The van der Waals surface area contributed by atoms with Crippen molar-refractivity contribution in [2.24, 2.45) is 5.73 Å². The molecule has 1 aromatic carbocycles. The van der Waals surface area contributed by atoms with Crippen LogP contribution in [0.15, 0.2) is 33.3 Å². The molecule has 0 atom stereocenters. The molecule has 0 aliphatic rings. The summed E-state index contributed by atoms with van der Waals surface area (Å²) in [6.45, 7) is 4.04.